The van der Waals surface area contributed by atoms with Gasteiger partial charge in [0.05, 0.1) is 12.6 Å². The van der Waals surface area contributed by atoms with E-state index in [1.54, 1.807) is 6.20 Å². The van der Waals surface area contributed by atoms with Crippen LogP contribution in [0, 0.1) is 5.92 Å². The Hall–Kier alpha value is -2.70. The molecule has 1 fully saturated rings. The van der Waals surface area contributed by atoms with Crippen LogP contribution in [0.15, 0.2) is 66.9 Å². The molecule has 0 spiro atoms. The van der Waals surface area contributed by atoms with E-state index >= 15 is 0 Å². The summed E-state index contributed by atoms with van der Waals surface area (Å²) >= 11 is 0. The van der Waals surface area contributed by atoms with Gasteiger partial charge in [-0.25, -0.2) is 0 Å². The second kappa shape index (κ2) is 10.3. The normalized spacial score (nSPS) is 19.1. The predicted molar refractivity (Wildman–Crippen MR) is 138 cm³/mol. The van der Waals surface area contributed by atoms with Crippen molar-refractivity contribution in [3.05, 3.63) is 78.1 Å². The molecule has 4 rings (SSSR count). The van der Waals surface area contributed by atoms with Crippen LogP contribution in [0.2, 0.25) is 5.04 Å². The van der Waals surface area contributed by atoms with Gasteiger partial charge in [0.1, 0.15) is 0 Å². The zero-order valence-corrected chi connectivity index (χ0v) is 21.5. The molecule has 5 nitrogen and oxygen atoms in total. The molecule has 2 aromatic carbocycles. The van der Waals surface area contributed by atoms with Crippen LogP contribution < -0.4 is 10.4 Å². The van der Waals surface area contributed by atoms with E-state index in [2.05, 4.69) is 91.6 Å². The Kier molecular flexibility index (Phi) is 7.38. The first-order valence-corrected chi connectivity index (χ1v) is 14.2. The zero-order valence-electron chi connectivity index (χ0n) is 20.5. The molecule has 0 atom stereocenters. The number of aromatic nitrogens is 2. The molecule has 0 amide bonds. The van der Waals surface area contributed by atoms with Crippen LogP contribution in [0.1, 0.15) is 63.6 Å². The highest BCUT2D eigenvalue weighted by molar-refractivity contribution is 6.99. The van der Waals surface area contributed by atoms with Crippen LogP contribution in [0.25, 0.3) is 0 Å². The molecule has 0 radical (unpaired) electrons. The number of benzene rings is 2. The van der Waals surface area contributed by atoms with Crippen LogP contribution in [0.5, 0.6) is 0 Å². The van der Waals surface area contributed by atoms with E-state index < -0.39 is 14.3 Å². The van der Waals surface area contributed by atoms with Gasteiger partial charge in [-0.1, -0.05) is 81.4 Å². The quantitative estimate of drug-likeness (QED) is 0.454. The second-order valence-corrected chi connectivity index (χ2v) is 14.9. The number of carboxylic acid groups (broad SMARTS) is 1. The minimum atomic E-state index is -2.51. The van der Waals surface area contributed by atoms with E-state index in [1.165, 1.54) is 10.4 Å². The number of carboxylic acids is 1. The van der Waals surface area contributed by atoms with Crippen LogP contribution in [-0.2, 0) is 15.6 Å². The average molecular weight is 477 g/mol. The Bertz CT molecular complexity index is 1030. The van der Waals surface area contributed by atoms with E-state index in [9.17, 15) is 9.90 Å². The highest BCUT2D eigenvalue weighted by Gasteiger charge is 2.50. The van der Waals surface area contributed by atoms with Gasteiger partial charge in [0.2, 0.25) is 0 Å². The Balaban J connectivity index is 1.51. The molecule has 1 saturated carbocycles. The molecule has 1 aliphatic rings. The number of H-pyrrole nitrogens is 1. The molecule has 0 unspecified atom stereocenters. The van der Waals surface area contributed by atoms with Crippen molar-refractivity contribution in [1.82, 2.24) is 10.2 Å². The highest BCUT2D eigenvalue weighted by atomic mass is 28.4. The smallest absolute Gasteiger partial charge is 0.307 e. The Morgan fingerprint density at radius 3 is 2.06 bits per heavy atom. The van der Waals surface area contributed by atoms with E-state index in [4.69, 9.17) is 4.43 Å². The lowest BCUT2D eigenvalue weighted by Crippen LogP contribution is -2.66. The molecule has 0 saturated heterocycles. The molecule has 2 N–H and O–H groups in total. The predicted octanol–water partition coefficient (Wildman–Crippen LogP) is 4.89. The van der Waals surface area contributed by atoms with Gasteiger partial charge in [-0.2, -0.15) is 5.10 Å². The molecule has 0 aliphatic heterocycles. The van der Waals surface area contributed by atoms with Crippen molar-refractivity contribution >= 4 is 24.7 Å². The van der Waals surface area contributed by atoms with Gasteiger partial charge in [-0.3, -0.25) is 9.89 Å². The third kappa shape index (κ3) is 5.03. The number of hydrogen-bond donors (Lipinski definition) is 2. The summed E-state index contributed by atoms with van der Waals surface area (Å²) in [5, 5.41) is 19.0. The third-order valence-corrected chi connectivity index (χ3v) is 12.3. The van der Waals surface area contributed by atoms with Crippen LogP contribution >= 0.6 is 0 Å². The van der Waals surface area contributed by atoms with Crippen LogP contribution in [-0.4, -0.2) is 36.2 Å². The molecule has 180 valence electrons. The first-order valence-electron chi connectivity index (χ1n) is 12.3. The van der Waals surface area contributed by atoms with E-state index in [0.29, 0.717) is 11.8 Å². The molecule has 3 aromatic rings. The number of hydrogen-bond acceptors (Lipinski definition) is 3. The van der Waals surface area contributed by atoms with Gasteiger partial charge >= 0.3 is 5.97 Å². The highest BCUT2D eigenvalue weighted by Crippen LogP contribution is 2.40. The van der Waals surface area contributed by atoms with Crippen molar-refractivity contribution in [3.63, 3.8) is 0 Å². The fraction of sp³-hybridized carbons (Fsp3) is 0.429. The van der Waals surface area contributed by atoms with Crippen molar-refractivity contribution in [2.75, 3.05) is 6.61 Å². The summed E-state index contributed by atoms with van der Waals surface area (Å²) in [6.07, 6.45) is 5.92. The molecular formula is C28H36N2O3Si. The Morgan fingerprint density at radius 2 is 1.56 bits per heavy atom. The summed E-state index contributed by atoms with van der Waals surface area (Å²) in [6, 6.07) is 21.6. The van der Waals surface area contributed by atoms with Crippen LogP contribution in [0.3, 0.4) is 0 Å². The maximum Gasteiger partial charge on any atom is 0.307 e. The van der Waals surface area contributed by atoms with Crippen molar-refractivity contribution in [1.29, 1.82) is 0 Å². The van der Waals surface area contributed by atoms with Crippen molar-refractivity contribution in [2.45, 2.75) is 63.8 Å². The topological polar surface area (TPSA) is 75.2 Å². The van der Waals surface area contributed by atoms with Gasteiger partial charge in [-0.05, 0) is 47.0 Å². The van der Waals surface area contributed by atoms with Gasteiger partial charge in [-0.15, -0.1) is 0 Å². The molecule has 1 heterocycles. The summed E-state index contributed by atoms with van der Waals surface area (Å²) in [7, 11) is -2.51. The molecule has 1 aliphatic carbocycles. The largest absolute Gasteiger partial charge is 0.481 e. The maximum atomic E-state index is 11.2. The average Bonchev–Trinajstić information content (AvgIpc) is 3.28. The first-order chi connectivity index (χ1) is 16.3. The number of carbonyl (C=O) groups is 1. The maximum absolute atomic E-state index is 11.2. The first kappa shape index (κ1) is 24.4. The summed E-state index contributed by atoms with van der Waals surface area (Å²) in [6.45, 7) is 7.71. The fourth-order valence-electron chi connectivity index (χ4n) is 5.60. The summed E-state index contributed by atoms with van der Waals surface area (Å²) < 4.78 is 7.15. The number of nitrogens with zero attached hydrogens (tertiary/aromatic N) is 1. The standard InChI is InChI=1S/C28H36N2O3Si/c1-28(2,3)34(24-10-6-4-7-11-24,25-12-8-5-9-13-25)33-20-21-14-16-22(17-15-21)27-23(18-26(31)32)19-29-30-27/h4-13,19,21-22H,14-18,20H2,1-3H3,(H,29,30)(H,31,32). The van der Waals surface area contributed by atoms with E-state index in [1.807, 2.05) is 0 Å². The molecule has 34 heavy (non-hydrogen) atoms. The molecule has 0 bridgehead atoms. The number of rotatable bonds is 8. The fourth-order valence-corrected chi connectivity index (χ4v) is 10.2. The summed E-state index contributed by atoms with van der Waals surface area (Å²) in [4.78, 5) is 11.2. The second-order valence-electron chi connectivity index (χ2n) is 10.6. The van der Waals surface area contributed by atoms with Gasteiger partial charge in [0.25, 0.3) is 8.32 Å². The van der Waals surface area contributed by atoms with E-state index in [-0.39, 0.29) is 11.5 Å². The monoisotopic (exact) mass is 476 g/mol. The minimum Gasteiger partial charge on any atom is -0.481 e. The lowest BCUT2D eigenvalue weighted by molar-refractivity contribution is -0.136. The Morgan fingerprint density at radius 1 is 1.00 bits per heavy atom. The third-order valence-electron chi connectivity index (χ3n) is 7.30. The van der Waals surface area contributed by atoms with Gasteiger partial charge in [0.15, 0.2) is 0 Å². The van der Waals surface area contributed by atoms with E-state index in [0.717, 1.165) is 43.5 Å². The van der Waals surface area contributed by atoms with Gasteiger partial charge < -0.3 is 9.53 Å². The molecule has 1 aromatic heterocycles. The van der Waals surface area contributed by atoms with Crippen LogP contribution in [0.4, 0.5) is 0 Å². The number of aromatic amines is 1. The lowest BCUT2D eigenvalue weighted by Gasteiger charge is -2.44. The zero-order chi connectivity index (χ0) is 24.2. The molecular weight excluding hydrogens is 440 g/mol. The lowest BCUT2D eigenvalue weighted by atomic mass is 9.80. The summed E-state index contributed by atoms with van der Waals surface area (Å²) in [5.74, 6) is 0.0414. The summed E-state index contributed by atoms with van der Waals surface area (Å²) in [5.41, 5.74) is 1.83. The number of nitrogens with one attached hydrogen (secondary N) is 1. The minimum absolute atomic E-state index is 0.0193. The Labute approximate surface area is 203 Å². The van der Waals surface area contributed by atoms with Crippen molar-refractivity contribution in [2.24, 2.45) is 5.92 Å². The number of aliphatic carboxylic acids is 1. The SMILES string of the molecule is CC(C)(C)[Si](OCC1CCC(c2[nH]ncc2CC(=O)O)CC1)(c1ccccc1)c1ccccc1. The van der Waals surface area contributed by atoms with Crippen molar-refractivity contribution < 1.29 is 14.3 Å². The molecule has 6 heteroatoms. The van der Waals surface area contributed by atoms with Gasteiger partial charge in [0, 0.05) is 23.8 Å². The van der Waals surface area contributed by atoms with Crippen molar-refractivity contribution in [3.8, 4) is 0 Å².